The number of nitrogens with zero attached hydrogens (tertiary/aromatic N) is 1. The van der Waals surface area contributed by atoms with Crippen LogP contribution in [0.5, 0.6) is 5.75 Å². The van der Waals surface area contributed by atoms with Crippen molar-refractivity contribution >= 4 is 36.8 Å². The van der Waals surface area contributed by atoms with Gasteiger partial charge in [0.25, 0.3) is 0 Å². The van der Waals surface area contributed by atoms with Crippen LogP contribution in [-0.4, -0.2) is 43.1 Å². The van der Waals surface area contributed by atoms with Crippen molar-refractivity contribution in [2.75, 3.05) is 24.8 Å². The molecule has 0 bridgehead atoms. The number of nitrogens with two attached hydrogens (primary N) is 2. The van der Waals surface area contributed by atoms with Crippen molar-refractivity contribution in [2.45, 2.75) is 38.6 Å². The predicted octanol–water partition coefficient (Wildman–Crippen LogP) is 3.71. The highest BCUT2D eigenvalue weighted by molar-refractivity contribution is 7.59. The number of urea groups is 1. The predicted molar refractivity (Wildman–Crippen MR) is 167 cm³/mol. The quantitative estimate of drug-likeness (QED) is 0.396. The largest absolute Gasteiger partial charge is 0.497 e. The number of methoxy groups -OCH3 is 1. The van der Waals surface area contributed by atoms with Crippen LogP contribution >= 0.6 is 13.5 Å². The standard InChI is InChI=1S/C18H21N3O3.C10H15N.2H2O.H2S.3H2/c1-21(14-8-10-15(24-2)11-9-14)17(22)16(20-18(19)23)12-13-6-4-3-5-7-13;1-10(2,3)8-5-4-6-9(11)7-8;;;;;;/h3-11,16H,12H2,1-2H3,(H3,19,20,23);4-7H,11H2,1-3H3;3*1H2;3*1H/t16-;;;;;;;/m0......./s1. The number of hydrogen-bond acceptors (Lipinski definition) is 4. The van der Waals surface area contributed by atoms with Crippen LogP contribution < -0.4 is 26.4 Å². The molecule has 38 heavy (non-hydrogen) atoms. The second-order valence-corrected chi connectivity index (χ2v) is 9.22. The van der Waals surface area contributed by atoms with Gasteiger partial charge in [0.05, 0.1) is 7.11 Å². The highest BCUT2D eigenvalue weighted by Crippen LogP contribution is 2.23. The summed E-state index contributed by atoms with van der Waals surface area (Å²) in [5.41, 5.74) is 14.9. The van der Waals surface area contributed by atoms with E-state index in [1.54, 1.807) is 38.4 Å². The Hall–Kier alpha value is -3.73. The second kappa shape index (κ2) is 16.9. The maximum atomic E-state index is 12.8. The fraction of sp³-hybridized carbons (Fsp3) is 0.286. The molecule has 0 aromatic heterocycles. The zero-order valence-corrected chi connectivity index (χ0v) is 23.6. The minimum absolute atomic E-state index is 0. The first kappa shape index (κ1) is 36.4. The van der Waals surface area contributed by atoms with E-state index < -0.39 is 12.1 Å². The van der Waals surface area contributed by atoms with Gasteiger partial charge in [0, 0.05) is 29.1 Å². The summed E-state index contributed by atoms with van der Waals surface area (Å²) in [5.74, 6) is 0.457. The van der Waals surface area contributed by atoms with E-state index in [0.717, 1.165) is 11.3 Å². The highest BCUT2D eigenvalue weighted by atomic mass is 32.1. The summed E-state index contributed by atoms with van der Waals surface area (Å²) in [4.78, 5) is 25.5. The van der Waals surface area contributed by atoms with Crippen molar-refractivity contribution in [3.05, 3.63) is 90.0 Å². The van der Waals surface area contributed by atoms with Crippen LogP contribution in [0.3, 0.4) is 0 Å². The van der Waals surface area contributed by atoms with E-state index in [-0.39, 0.29) is 40.1 Å². The number of primary amides is 1. The third-order valence-electron chi connectivity index (χ3n) is 5.44. The second-order valence-electron chi connectivity index (χ2n) is 9.22. The molecule has 216 valence electrons. The molecule has 0 aliphatic carbocycles. The number of anilines is 2. The number of carbonyl (C=O) groups excluding carboxylic acids is 2. The van der Waals surface area contributed by atoms with Crippen molar-refractivity contribution in [1.82, 2.24) is 5.32 Å². The Morgan fingerprint density at radius 2 is 1.55 bits per heavy atom. The van der Waals surface area contributed by atoms with E-state index in [9.17, 15) is 9.59 Å². The number of nitrogen functional groups attached to an aromatic ring is 1. The molecule has 9 N–H and O–H groups in total. The molecule has 0 aliphatic heterocycles. The van der Waals surface area contributed by atoms with Gasteiger partial charge in [0.15, 0.2) is 0 Å². The summed E-state index contributed by atoms with van der Waals surface area (Å²) in [6.07, 6.45) is 0.364. The van der Waals surface area contributed by atoms with Crippen LogP contribution in [-0.2, 0) is 16.6 Å². The molecule has 3 aromatic rings. The monoisotopic (exact) mass is 552 g/mol. The molecule has 0 unspecified atom stereocenters. The van der Waals surface area contributed by atoms with Crippen LogP contribution in [0.25, 0.3) is 0 Å². The van der Waals surface area contributed by atoms with Crippen LogP contribution in [0, 0.1) is 0 Å². The highest BCUT2D eigenvalue weighted by Gasteiger charge is 2.24. The molecule has 3 aromatic carbocycles. The number of likely N-dealkylation sites (N-methyl/N-ethyl adjacent to an activating group) is 1. The molecule has 3 amide bonds. The maximum Gasteiger partial charge on any atom is 0.312 e. The molecular formula is C28H48N4O5S. The lowest BCUT2D eigenvalue weighted by Crippen LogP contribution is -2.50. The maximum absolute atomic E-state index is 12.8. The first-order valence-corrected chi connectivity index (χ1v) is 11.4. The van der Waals surface area contributed by atoms with Crippen molar-refractivity contribution in [3.8, 4) is 5.75 Å². The number of hydrogen-bond donors (Lipinski definition) is 3. The Kier molecular flexibility index (Phi) is 16.2. The number of amides is 3. The lowest BCUT2D eigenvalue weighted by Gasteiger charge is -2.24. The van der Waals surface area contributed by atoms with Gasteiger partial charge in [-0.25, -0.2) is 4.79 Å². The van der Waals surface area contributed by atoms with Gasteiger partial charge in [-0.1, -0.05) is 63.2 Å². The minimum atomic E-state index is -0.739. The van der Waals surface area contributed by atoms with Gasteiger partial charge >= 0.3 is 6.03 Å². The first-order valence-electron chi connectivity index (χ1n) is 11.4. The zero-order valence-electron chi connectivity index (χ0n) is 22.6. The van der Waals surface area contributed by atoms with Crippen molar-refractivity contribution < 1.29 is 29.6 Å². The molecule has 0 heterocycles. The van der Waals surface area contributed by atoms with E-state index in [0.29, 0.717) is 17.9 Å². The molecular weight excluding hydrogens is 504 g/mol. The number of carbonyl (C=O) groups is 2. The van der Waals surface area contributed by atoms with Crippen molar-refractivity contribution in [2.24, 2.45) is 5.73 Å². The Balaban J connectivity index is -0.000000220. The van der Waals surface area contributed by atoms with Gasteiger partial charge in [0.1, 0.15) is 11.8 Å². The smallest absolute Gasteiger partial charge is 0.312 e. The van der Waals surface area contributed by atoms with E-state index in [1.807, 2.05) is 48.5 Å². The van der Waals surface area contributed by atoms with Gasteiger partial charge in [0.2, 0.25) is 5.91 Å². The summed E-state index contributed by atoms with van der Waals surface area (Å²) in [6.45, 7) is 6.55. The number of rotatable bonds is 6. The number of benzene rings is 3. The van der Waals surface area contributed by atoms with Gasteiger partial charge in [-0.2, -0.15) is 13.5 Å². The fourth-order valence-corrected chi connectivity index (χ4v) is 3.39. The summed E-state index contributed by atoms with van der Waals surface area (Å²) in [7, 11) is 3.24. The molecule has 9 nitrogen and oxygen atoms in total. The topological polar surface area (TPSA) is 174 Å². The molecule has 0 saturated carbocycles. The molecule has 0 radical (unpaired) electrons. The van der Waals surface area contributed by atoms with Crippen molar-refractivity contribution in [1.29, 1.82) is 0 Å². The molecule has 1 atom stereocenters. The summed E-state index contributed by atoms with van der Waals surface area (Å²) < 4.78 is 5.11. The Bertz CT molecular complexity index is 1120. The summed E-state index contributed by atoms with van der Waals surface area (Å²) in [5, 5.41) is 2.52. The average molecular weight is 553 g/mol. The number of ether oxygens (including phenoxy) is 1. The van der Waals surface area contributed by atoms with Crippen LogP contribution in [0.1, 0.15) is 36.2 Å². The van der Waals surface area contributed by atoms with Crippen LogP contribution in [0.4, 0.5) is 16.2 Å². The van der Waals surface area contributed by atoms with Gasteiger partial charge in [-0.3, -0.25) is 4.79 Å². The lowest BCUT2D eigenvalue weighted by atomic mass is 9.87. The minimum Gasteiger partial charge on any atom is -0.497 e. The molecule has 10 heteroatoms. The fourth-order valence-electron chi connectivity index (χ4n) is 3.39. The Labute approximate surface area is 236 Å². The van der Waals surface area contributed by atoms with E-state index in [4.69, 9.17) is 16.2 Å². The van der Waals surface area contributed by atoms with Crippen molar-refractivity contribution in [3.63, 3.8) is 0 Å². The SMILES string of the molecule is CC(C)(C)c1cccc(N)c1.COc1ccc(N(C)C(=O)[C@H](Cc2ccccc2)NC(N)=O)cc1.O.O.S.[HH].[HH].[HH]. The normalized spacial score (nSPS) is 10.6. The zero-order chi connectivity index (χ0) is 26.0. The number of nitrogens with one attached hydrogen (secondary N) is 1. The van der Waals surface area contributed by atoms with Crippen LogP contribution in [0.2, 0.25) is 0 Å². The molecule has 0 fully saturated rings. The molecule has 0 saturated heterocycles. The molecule has 3 rings (SSSR count). The summed E-state index contributed by atoms with van der Waals surface area (Å²) >= 11 is 0. The van der Waals surface area contributed by atoms with E-state index >= 15 is 0 Å². The first-order chi connectivity index (χ1) is 16.5. The van der Waals surface area contributed by atoms with Crippen LogP contribution in [0.15, 0.2) is 78.9 Å². The van der Waals surface area contributed by atoms with Gasteiger partial charge in [-0.15, -0.1) is 0 Å². The third-order valence-corrected chi connectivity index (χ3v) is 5.44. The van der Waals surface area contributed by atoms with E-state index in [2.05, 4.69) is 32.2 Å². The molecule has 0 spiro atoms. The lowest BCUT2D eigenvalue weighted by molar-refractivity contribution is -0.120. The Morgan fingerprint density at radius 1 is 0.974 bits per heavy atom. The van der Waals surface area contributed by atoms with Gasteiger partial charge in [-0.05, 0) is 52.9 Å². The van der Waals surface area contributed by atoms with Gasteiger partial charge < -0.3 is 37.4 Å². The summed E-state index contributed by atoms with van der Waals surface area (Å²) in [6, 6.07) is 23.1. The van der Waals surface area contributed by atoms with E-state index in [1.165, 1.54) is 10.5 Å². The molecule has 0 aliphatic rings. The third kappa shape index (κ3) is 11.5. The average Bonchev–Trinajstić information content (AvgIpc) is 2.83. The Morgan fingerprint density at radius 3 is 2.00 bits per heavy atom.